The lowest BCUT2D eigenvalue weighted by molar-refractivity contribution is 0.0963. The highest BCUT2D eigenvalue weighted by Crippen LogP contribution is 2.26. The molecule has 1 aromatic carbocycles. The Morgan fingerprint density at radius 3 is 2.46 bits per heavy atom. The van der Waals surface area contributed by atoms with Gasteiger partial charge in [0.1, 0.15) is 11.9 Å². The van der Waals surface area contributed by atoms with Gasteiger partial charge in [-0.05, 0) is 29.8 Å². The fourth-order valence-corrected chi connectivity index (χ4v) is 3.07. The second-order valence-electron chi connectivity index (χ2n) is 6.13. The number of ether oxygens (including phenoxy) is 1. The molecule has 2 aromatic rings. The summed E-state index contributed by atoms with van der Waals surface area (Å²) in [7, 11) is 0. The zero-order valence-electron chi connectivity index (χ0n) is 14.0. The number of aliphatic hydroxyl groups excluding tert-OH is 1. The van der Waals surface area contributed by atoms with Crippen LogP contribution in [0.3, 0.4) is 0 Å². The Kier molecular flexibility index (Phi) is 4.18. The molecule has 2 N–H and O–H groups in total. The number of pyridine rings is 1. The Morgan fingerprint density at radius 1 is 1.12 bits per heavy atom. The molecule has 8 nitrogen and oxygen atoms in total. The zero-order valence-corrected chi connectivity index (χ0v) is 14.0. The molecule has 0 saturated carbocycles. The van der Waals surface area contributed by atoms with Gasteiger partial charge in [0.2, 0.25) is 0 Å². The number of nitrogens with one attached hydrogen (secondary N) is 1. The van der Waals surface area contributed by atoms with Gasteiger partial charge in [-0.2, -0.15) is 0 Å². The molecule has 0 radical (unpaired) electrons. The van der Waals surface area contributed by atoms with E-state index in [1.807, 2.05) is 36.4 Å². The van der Waals surface area contributed by atoms with Crippen LogP contribution in [0.4, 0.5) is 21.1 Å². The molecule has 2 fully saturated rings. The van der Waals surface area contributed by atoms with Crippen LogP contribution < -0.4 is 15.1 Å². The van der Waals surface area contributed by atoms with E-state index >= 15 is 0 Å². The van der Waals surface area contributed by atoms with Crippen molar-refractivity contribution < 1.29 is 19.4 Å². The standard InChI is InChI=1S/C18H18N4O4/c23-11-15-10-22(18(25)26-15)14-4-1-12(2-5-14)13-3-6-16(20-9-13)21-8-7-19-17(21)24/h1-6,9,15,23H,7-8,10-11H2,(H,19,24). The van der Waals surface area contributed by atoms with Gasteiger partial charge >= 0.3 is 12.1 Å². The summed E-state index contributed by atoms with van der Waals surface area (Å²) < 4.78 is 5.05. The number of urea groups is 1. The molecule has 1 atom stereocenters. The van der Waals surface area contributed by atoms with E-state index in [1.165, 1.54) is 4.90 Å². The van der Waals surface area contributed by atoms with Crippen LogP contribution in [0, 0.1) is 0 Å². The molecule has 2 aliphatic rings. The highest BCUT2D eigenvalue weighted by Gasteiger charge is 2.31. The molecule has 8 heteroatoms. The third kappa shape index (κ3) is 2.95. The second kappa shape index (κ2) is 6.64. The fourth-order valence-electron chi connectivity index (χ4n) is 3.07. The molecule has 0 aliphatic carbocycles. The highest BCUT2D eigenvalue weighted by molar-refractivity contribution is 5.93. The maximum absolute atomic E-state index is 11.8. The van der Waals surface area contributed by atoms with Crippen molar-refractivity contribution in [2.24, 2.45) is 0 Å². The minimum absolute atomic E-state index is 0.131. The molecule has 3 amide bonds. The van der Waals surface area contributed by atoms with E-state index in [0.717, 1.165) is 11.1 Å². The van der Waals surface area contributed by atoms with Crippen molar-refractivity contribution in [3.63, 3.8) is 0 Å². The Labute approximate surface area is 150 Å². The maximum Gasteiger partial charge on any atom is 0.414 e. The Morgan fingerprint density at radius 2 is 1.88 bits per heavy atom. The quantitative estimate of drug-likeness (QED) is 0.870. The number of carbonyl (C=O) groups is 2. The van der Waals surface area contributed by atoms with Crippen molar-refractivity contribution in [1.29, 1.82) is 0 Å². The van der Waals surface area contributed by atoms with Crippen LogP contribution in [0.15, 0.2) is 42.6 Å². The monoisotopic (exact) mass is 354 g/mol. The summed E-state index contributed by atoms with van der Waals surface area (Å²) in [5, 5.41) is 11.9. The van der Waals surface area contributed by atoms with Crippen molar-refractivity contribution >= 4 is 23.6 Å². The maximum atomic E-state index is 11.8. The van der Waals surface area contributed by atoms with E-state index in [9.17, 15) is 9.59 Å². The number of aliphatic hydroxyl groups is 1. The van der Waals surface area contributed by atoms with E-state index in [-0.39, 0.29) is 12.6 Å². The van der Waals surface area contributed by atoms with Crippen LogP contribution in [0.2, 0.25) is 0 Å². The Hall–Kier alpha value is -3.13. The summed E-state index contributed by atoms with van der Waals surface area (Å²) in [6, 6.07) is 11.1. The van der Waals surface area contributed by atoms with Gasteiger partial charge in [0, 0.05) is 30.5 Å². The number of carbonyl (C=O) groups excluding carboxylic acids is 2. The molecule has 2 aliphatic heterocycles. The smallest absolute Gasteiger partial charge is 0.414 e. The molecule has 0 bridgehead atoms. The van der Waals surface area contributed by atoms with Crippen LogP contribution in [-0.4, -0.2) is 54.6 Å². The van der Waals surface area contributed by atoms with Gasteiger partial charge < -0.3 is 15.2 Å². The predicted octanol–water partition coefficient (Wildman–Crippen LogP) is 1.60. The van der Waals surface area contributed by atoms with E-state index < -0.39 is 12.2 Å². The average Bonchev–Trinajstić information content (AvgIpc) is 3.27. The van der Waals surface area contributed by atoms with Crippen molar-refractivity contribution in [2.75, 3.05) is 36.0 Å². The number of cyclic esters (lactones) is 1. The molecule has 0 spiro atoms. The molecular formula is C18H18N4O4. The Balaban J connectivity index is 1.50. The third-order valence-corrected chi connectivity index (χ3v) is 4.47. The summed E-state index contributed by atoms with van der Waals surface area (Å²) in [6.07, 6.45) is 0.787. The first-order chi connectivity index (χ1) is 12.7. The van der Waals surface area contributed by atoms with Crippen LogP contribution in [-0.2, 0) is 4.74 Å². The van der Waals surface area contributed by atoms with E-state index in [2.05, 4.69) is 10.3 Å². The van der Waals surface area contributed by atoms with E-state index in [1.54, 1.807) is 11.1 Å². The SMILES string of the molecule is O=C1OC(CO)CN1c1ccc(-c2ccc(N3CCNC3=O)nc2)cc1. The molecule has 1 unspecified atom stereocenters. The lowest BCUT2D eigenvalue weighted by atomic mass is 10.1. The van der Waals surface area contributed by atoms with Crippen molar-refractivity contribution in [3.05, 3.63) is 42.6 Å². The number of amides is 3. The number of hydrogen-bond donors (Lipinski definition) is 2. The van der Waals surface area contributed by atoms with Crippen molar-refractivity contribution in [1.82, 2.24) is 10.3 Å². The molecule has 26 heavy (non-hydrogen) atoms. The molecular weight excluding hydrogens is 336 g/mol. The van der Waals surface area contributed by atoms with E-state index in [0.29, 0.717) is 31.1 Å². The van der Waals surface area contributed by atoms with Gasteiger partial charge in [-0.3, -0.25) is 9.80 Å². The lowest BCUT2D eigenvalue weighted by Gasteiger charge is -2.14. The predicted molar refractivity (Wildman–Crippen MR) is 95.1 cm³/mol. The highest BCUT2D eigenvalue weighted by atomic mass is 16.6. The summed E-state index contributed by atoms with van der Waals surface area (Å²) >= 11 is 0. The molecule has 134 valence electrons. The minimum Gasteiger partial charge on any atom is -0.441 e. The number of rotatable bonds is 4. The summed E-state index contributed by atoms with van der Waals surface area (Å²) in [6.45, 7) is 1.39. The van der Waals surface area contributed by atoms with Crippen molar-refractivity contribution in [3.8, 4) is 11.1 Å². The van der Waals surface area contributed by atoms with Gasteiger partial charge in [0.05, 0.1) is 13.2 Å². The average molecular weight is 354 g/mol. The third-order valence-electron chi connectivity index (χ3n) is 4.47. The molecule has 2 saturated heterocycles. The van der Waals surface area contributed by atoms with Crippen molar-refractivity contribution in [2.45, 2.75) is 6.10 Å². The zero-order chi connectivity index (χ0) is 18.1. The van der Waals surface area contributed by atoms with Gasteiger partial charge in [0.15, 0.2) is 0 Å². The topological polar surface area (TPSA) is 95.0 Å². The summed E-state index contributed by atoms with van der Waals surface area (Å²) in [4.78, 5) is 31.0. The van der Waals surface area contributed by atoms with Crippen LogP contribution >= 0.6 is 0 Å². The number of anilines is 2. The van der Waals surface area contributed by atoms with Crippen LogP contribution in [0.5, 0.6) is 0 Å². The molecule has 3 heterocycles. The summed E-state index contributed by atoms with van der Waals surface area (Å²) in [5.74, 6) is 0.621. The first kappa shape index (κ1) is 16.3. The number of aromatic nitrogens is 1. The van der Waals surface area contributed by atoms with E-state index in [4.69, 9.17) is 9.84 Å². The van der Waals surface area contributed by atoms with Crippen LogP contribution in [0.1, 0.15) is 0 Å². The van der Waals surface area contributed by atoms with Gasteiger partial charge in [-0.1, -0.05) is 12.1 Å². The van der Waals surface area contributed by atoms with Gasteiger partial charge in [-0.15, -0.1) is 0 Å². The first-order valence-corrected chi connectivity index (χ1v) is 8.36. The number of hydrogen-bond acceptors (Lipinski definition) is 5. The minimum atomic E-state index is -0.485. The lowest BCUT2D eigenvalue weighted by Crippen LogP contribution is -2.28. The second-order valence-corrected chi connectivity index (χ2v) is 6.13. The summed E-state index contributed by atoms with van der Waals surface area (Å²) in [5.41, 5.74) is 2.58. The first-order valence-electron chi connectivity index (χ1n) is 8.36. The molecule has 1 aromatic heterocycles. The number of benzene rings is 1. The van der Waals surface area contributed by atoms with Gasteiger partial charge in [0.25, 0.3) is 0 Å². The number of nitrogens with zero attached hydrogens (tertiary/aromatic N) is 3. The fraction of sp³-hybridized carbons (Fsp3) is 0.278. The molecule has 4 rings (SSSR count). The largest absolute Gasteiger partial charge is 0.441 e. The van der Waals surface area contributed by atoms with Crippen LogP contribution in [0.25, 0.3) is 11.1 Å². The van der Waals surface area contributed by atoms with Gasteiger partial charge in [-0.25, -0.2) is 14.6 Å². The Bertz CT molecular complexity index is 822. The normalized spacial score (nSPS) is 19.7.